The molecule has 0 bridgehead atoms. The number of hydrogen-bond acceptors (Lipinski definition) is 3. The van der Waals surface area contributed by atoms with Crippen LogP contribution in [-0.2, 0) is 11.2 Å². The van der Waals surface area contributed by atoms with Crippen molar-refractivity contribution in [3.63, 3.8) is 0 Å². The molecule has 4 heteroatoms. The van der Waals surface area contributed by atoms with E-state index in [0.717, 1.165) is 32.5 Å². The van der Waals surface area contributed by atoms with E-state index in [1.54, 1.807) is 0 Å². The first-order valence-electron chi connectivity index (χ1n) is 7.55. The van der Waals surface area contributed by atoms with Crippen LogP contribution in [0, 0.1) is 0 Å². The van der Waals surface area contributed by atoms with E-state index in [2.05, 4.69) is 34.6 Å². The zero-order valence-electron chi connectivity index (χ0n) is 12.3. The third-order valence-corrected chi connectivity index (χ3v) is 3.71. The number of benzene rings is 1. The van der Waals surface area contributed by atoms with Crippen LogP contribution in [0.3, 0.4) is 0 Å². The van der Waals surface area contributed by atoms with Gasteiger partial charge >= 0.3 is 0 Å². The van der Waals surface area contributed by atoms with Crippen molar-refractivity contribution in [2.24, 2.45) is 0 Å². The minimum absolute atomic E-state index is 0.140. The van der Waals surface area contributed by atoms with Gasteiger partial charge in [-0.2, -0.15) is 0 Å². The SMILES string of the molecule is CCCN(CC(=O)NCCc1ccccc1)C1CNC1. The second-order valence-corrected chi connectivity index (χ2v) is 5.37. The Morgan fingerprint density at radius 2 is 2.10 bits per heavy atom. The van der Waals surface area contributed by atoms with Gasteiger partial charge in [0.05, 0.1) is 6.54 Å². The Bertz CT molecular complexity index is 403. The molecule has 0 atom stereocenters. The highest BCUT2D eigenvalue weighted by Gasteiger charge is 2.25. The van der Waals surface area contributed by atoms with E-state index in [1.165, 1.54) is 5.56 Å². The predicted molar refractivity (Wildman–Crippen MR) is 81.7 cm³/mol. The molecule has 0 spiro atoms. The van der Waals surface area contributed by atoms with E-state index in [9.17, 15) is 4.79 Å². The average molecular weight is 275 g/mol. The third kappa shape index (κ3) is 4.62. The molecule has 2 rings (SSSR count). The summed E-state index contributed by atoms with van der Waals surface area (Å²) < 4.78 is 0. The number of amides is 1. The third-order valence-electron chi connectivity index (χ3n) is 3.71. The fourth-order valence-electron chi connectivity index (χ4n) is 2.44. The van der Waals surface area contributed by atoms with Crippen LogP contribution in [0.4, 0.5) is 0 Å². The van der Waals surface area contributed by atoms with Gasteiger partial charge in [-0.15, -0.1) is 0 Å². The van der Waals surface area contributed by atoms with Crippen LogP contribution < -0.4 is 10.6 Å². The molecule has 1 aromatic rings. The molecular formula is C16H25N3O. The molecule has 1 heterocycles. The molecule has 110 valence electrons. The van der Waals surface area contributed by atoms with Crippen LogP contribution in [-0.4, -0.2) is 49.6 Å². The van der Waals surface area contributed by atoms with Gasteiger partial charge in [0, 0.05) is 25.7 Å². The van der Waals surface area contributed by atoms with E-state index < -0.39 is 0 Å². The quantitative estimate of drug-likeness (QED) is 0.745. The lowest BCUT2D eigenvalue weighted by molar-refractivity contribution is -0.123. The molecule has 0 radical (unpaired) electrons. The van der Waals surface area contributed by atoms with Gasteiger partial charge in [-0.05, 0) is 24.9 Å². The van der Waals surface area contributed by atoms with Crippen molar-refractivity contribution in [3.8, 4) is 0 Å². The molecule has 1 aromatic carbocycles. The van der Waals surface area contributed by atoms with E-state index in [1.807, 2.05) is 18.2 Å². The largest absolute Gasteiger partial charge is 0.355 e. The van der Waals surface area contributed by atoms with E-state index in [4.69, 9.17) is 0 Å². The first-order chi connectivity index (χ1) is 9.79. The van der Waals surface area contributed by atoms with Gasteiger partial charge < -0.3 is 10.6 Å². The molecule has 1 fully saturated rings. The highest BCUT2D eigenvalue weighted by Crippen LogP contribution is 2.05. The maximum absolute atomic E-state index is 12.0. The second-order valence-electron chi connectivity index (χ2n) is 5.37. The number of rotatable bonds is 8. The highest BCUT2D eigenvalue weighted by atomic mass is 16.2. The molecule has 4 nitrogen and oxygen atoms in total. The highest BCUT2D eigenvalue weighted by molar-refractivity contribution is 5.78. The monoisotopic (exact) mass is 275 g/mol. The molecule has 2 N–H and O–H groups in total. The smallest absolute Gasteiger partial charge is 0.234 e. The summed E-state index contributed by atoms with van der Waals surface area (Å²) in [6.45, 7) is 6.42. The Morgan fingerprint density at radius 3 is 2.70 bits per heavy atom. The maximum Gasteiger partial charge on any atom is 0.234 e. The van der Waals surface area contributed by atoms with Crippen molar-refractivity contribution in [2.75, 3.05) is 32.7 Å². The van der Waals surface area contributed by atoms with E-state index in [-0.39, 0.29) is 5.91 Å². The van der Waals surface area contributed by atoms with Crippen LogP contribution in [0.15, 0.2) is 30.3 Å². The molecular weight excluding hydrogens is 250 g/mol. The lowest BCUT2D eigenvalue weighted by Gasteiger charge is -2.37. The van der Waals surface area contributed by atoms with Crippen molar-refractivity contribution in [1.82, 2.24) is 15.5 Å². The van der Waals surface area contributed by atoms with Crippen LogP contribution in [0.5, 0.6) is 0 Å². The Balaban J connectivity index is 1.68. The number of hydrogen-bond donors (Lipinski definition) is 2. The molecule has 1 aliphatic rings. The molecule has 1 saturated heterocycles. The molecule has 20 heavy (non-hydrogen) atoms. The fraction of sp³-hybridized carbons (Fsp3) is 0.562. The average Bonchev–Trinajstić information content (AvgIpc) is 2.38. The summed E-state index contributed by atoms with van der Waals surface area (Å²) in [7, 11) is 0. The molecule has 1 aliphatic heterocycles. The first kappa shape index (κ1) is 15.0. The Hall–Kier alpha value is -1.39. The molecule has 0 unspecified atom stereocenters. The summed E-state index contributed by atoms with van der Waals surface area (Å²) in [5.74, 6) is 0.140. The fourth-order valence-corrected chi connectivity index (χ4v) is 2.44. The lowest BCUT2D eigenvalue weighted by Crippen LogP contribution is -2.59. The van der Waals surface area contributed by atoms with E-state index in [0.29, 0.717) is 19.1 Å². The second kappa shape index (κ2) is 8.02. The summed E-state index contributed by atoms with van der Waals surface area (Å²) >= 11 is 0. The Morgan fingerprint density at radius 1 is 1.35 bits per heavy atom. The topological polar surface area (TPSA) is 44.4 Å². The Labute approximate surface area is 121 Å². The van der Waals surface area contributed by atoms with Crippen molar-refractivity contribution in [2.45, 2.75) is 25.8 Å². The molecule has 0 aromatic heterocycles. The minimum Gasteiger partial charge on any atom is -0.355 e. The van der Waals surface area contributed by atoms with Gasteiger partial charge in [0.1, 0.15) is 0 Å². The van der Waals surface area contributed by atoms with Gasteiger partial charge in [0.25, 0.3) is 0 Å². The number of nitrogens with zero attached hydrogens (tertiary/aromatic N) is 1. The summed E-state index contributed by atoms with van der Waals surface area (Å²) in [6, 6.07) is 10.8. The number of carbonyl (C=O) groups excluding carboxylic acids is 1. The summed E-state index contributed by atoms with van der Waals surface area (Å²) in [4.78, 5) is 14.3. The van der Waals surface area contributed by atoms with Crippen LogP contribution >= 0.6 is 0 Å². The van der Waals surface area contributed by atoms with Crippen LogP contribution in [0.1, 0.15) is 18.9 Å². The summed E-state index contributed by atoms with van der Waals surface area (Å²) in [5.41, 5.74) is 1.27. The van der Waals surface area contributed by atoms with Gasteiger partial charge in [0.2, 0.25) is 5.91 Å². The zero-order valence-corrected chi connectivity index (χ0v) is 12.3. The van der Waals surface area contributed by atoms with E-state index >= 15 is 0 Å². The number of carbonyl (C=O) groups is 1. The van der Waals surface area contributed by atoms with Crippen molar-refractivity contribution < 1.29 is 4.79 Å². The van der Waals surface area contributed by atoms with Gasteiger partial charge in [0.15, 0.2) is 0 Å². The predicted octanol–water partition coefficient (Wildman–Crippen LogP) is 1.03. The molecule has 0 aliphatic carbocycles. The molecule has 1 amide bonds. The first-order valence-corrected chi connectivity index (χ1v) is 7.55. The standard InChI is InChI=1S/C16H25N3O/c1-2-10-19(15-11-17-12-15)13-16(20)18-9-8-14-6-4-3-5-7-14/h3-7,15,17H,2,8-13H2,1H3,(H,18,20). The number of nitrogens with one attached hydrogen (secondary N) is 2. The van der Waals surface area contributed by atoms with Crippen molar-refractivity contribution in [3.05, 3.63) is 35.9 Å². The summed E-state index contributed by atoms with van der Waals surface area (Å²) in [6.07, 6.45) is 1.99. The normalized spacial score (nSPS) is 15.1. The molecule has 0 saturated carbocycles. The van der Waals surface area contributed by atoms with Gasteiger partial charge in [-0.3, -0.25) is 9.69 Å². The lowest BCUT2D eigenvalue weighted by atomic mass is 10.1. The van der Waals surface area contributed by atoms with Gasteiger partial charge in [-0.25, -0.2) is 0 Å². The summed E-state index contributed by atoms with van der Waals surface area (Å²) in [5, 5.41) is 6.29. The zero-order chi connectivity index (χ0) is 14.2. The van der Waals surface area contributed by atoms with Crippen molar-refractivity contribution in [1.29, 1.82) is 0 Å². The maximum atomic E-state index is 12.0. The minimum atomic E-state index is 0.140. The van der Waals surface area contributed by atoms with Crippen LogP contribution in [0.25, 0.3) is 0 Å². The van der Waals surface area contributed by atoms with Crippen molar-refractivity contribution >= 4 is 5.91 Å². The van der Waals surface area contributed by atoms with Gasteiger partial charge in [-0.1, -0.05) is 37.3 Å². The Kier molecular flexibility index (Phi) is 6.02. The van der Waals surface area contributed by atoms with Crippen LogP contribution in [0.2, 0.25) is 0 Å².